The number of carbonyl (C=O) groups is 1. The Kier molecular flexibility index (Phi) is 6.48. The number of rotatable bonds is 7. The molecule has 0 aromatic heterocycles. The molecule has 2 amide bonds. The fourth-order valence-corrected chi connectivity index (χ4v) is 5.36. The van der Waals surface area contributed by atoms with Crippen LogP contribution in [0.3, 0.4) is 0 Å². The maximum Gasteiger partial charge on any atom is 0.317 e. The lowest BCUT2D eigenvalue weighted by Gasteiger charge is -2.35. The second-order valence-corrected chi connectivity index (χ2v) is 9.91. The minimum Gasteiger partial charge on any atom is -0.494 e. The summed E-state index contributed by atoms with van der Waals surface area (Å²) in [5.41, 5.74) is 1.12. The summed E-state index contributed by atoms with van der Waals surface area (Å²) >= 11 is 0. The van der Waals surface area contributed by atoms with Crippen LogP contribution in [0.15, 0.2) is 59.5 Å². The van der Waals surface area contributed by atoms with Gasteiger partial charge in [-0.1, -0.05) is 30.3 Å². The number of benzene rings is 2. The van der Waals surface area contributed by atoms with Crippen molar-refractivity contribution in [2.45, 2.75) is 30.7 Å². The Balaban J connectivity index is 1.36. The average molecular weight is 444 g/mol. The van der Waals surface area contributed by atoms with Crippen molar-refractivity contribution in [2.75, 3.05) is 32.8 Å². The molecule has 2 fully saturated rings. The third kappa shape index (κ3) is 5.02. The Morgan fingerprint density at radius 1 is 1.03 bits per heavy atom. The average Bonchev–Trinajstić information content (AvgIpc) is 3.64. The largest absolute Gasteiger partial charge is 0.494 e. The molecule has 1 aliphatic heterocycles. The molecule has 0 spiro atoms. The second kappa shape index (κ2) is 9.28. The Bertz CT molecular complexity index is 983. The third-order valence-corrected chi connectivity index (χ3v) is 7.74. The fourth-order valence-electron chi connectivity index (χ4n) is 3.94. The van der Waals surface area contributed by atoms with E-state index in [4.69, 9.17) is 4.74 Å². The number of sulfonamides is 1. The van der Waals surface area contributed by atoms with Crippen LogP contribution >= 0.6 is 0 Å². The van der Waals surface area contributed by atoms with Gasteiger partial charge in [-0.15, -0.1) is 0 Å². The maximum absolute atomic E-state index is 13.0. The molecule has 0 unspecified atom stereocenters. The topological polar surface area (TPSA) is 79.0 Å². The van der Waals surface area contributed by atoms with E-state index < -0.39 is 10.0 Å². The molecule has 0 radical (unpaired) electrons. The van der Waals surface area contributed by atoms with Crippen molar-refractivity contribution in [2.24, 2.45) is 5.92 Å². The molecule has 1 saturated heterocycles. The normalized spacial score (nSPS) is 18.4. The lowest BCUT2D eigenvalue weighted by molar-refractivity contribution is 0.167. The van der Waals surface area contributed by atoms with E-state index in [0.717, 1.165) is 18.4 Å². The first kappa shape index (κ1) is 21.6. The Labute approximate surface area is 184 Å². The zero-order valence-corrected chi connectivity index (χ0v) is 18.6. The number of nitrogens with one attached hydrogen (secondary N) is 1. The van der Waals surface area contributed by atoms with E-state index in [1.54, 1.807) is 29.2 Å². The van der Waals surface area contributed by atoms with Gasteiger partial charge >= 0.3 is 6.03 Å². The summed E-state index contributed by atoms with van der Waals surface area (Å²) in [6, 6.07) is 16.4. The number of ether oxygens (including phenoxy) is 1. The van der Waals surface area contributed by atoms with Crippen molar-refractivity contribution in [3.63, 3.8) is 0 Å². The van der Waals surface area contributed by atoms with Crippen molar-refractivity contribution >= 4 is 16.1 Å². The van der Waals surface area contributed by atoms with E-state index in [1.807, 2.05) is 37.3 Å². The molecule has 1 aliphatic carbocycles. The fraction of sp³-hybridized carbons (Fsp3) is 0.435. The van der Waals surface area contributed by atoms with Gasteiger partial charge in [-0.05, 0) is 55.5 Å². The van der Waals surface area contributed by atoms with Crippen LogP contribution in [0.1, 0.15) is 31.4 Å². The molecule has 31 heavy (non-hydrogen) atoms. The van der Waals surface area contributed by atoms with Crippen molar-refractivity contribution in [3.8, 4) is 5.75 Å². The molecule has 1 atom stereocenters. The molecule has 7 nitrogen and oxygen atoms in total. The lowest BCUT2D eigenvalue weighted by Crippen LogP contribution is -2.53. The number of carbonyl (C=O) groups excluding carboxylic acids is 1. The molecule has 166 valence electrons. The Morgan fingerprint density at radius 3 is 2.26 bits per heavy atom. The number of nitrogens with zero attached hydrogens (tertiary/aromatic N) is 2. The number of amides is 2. The van der Waals surface area contributed by atoms with Crippen molar-refractivity contribution in [1.29, 1.82) is 0 Å². The number of hydrogen-bond donors (Lipinski definition) is 1. The molecule has 0 bridgehead atoms. The minimum atomic E-state index is -3.59. The standard InChI is InChI=1S/C23H29N3O4S/c1-2-30-20-10-12-21(13-11-20)31(28,29)26-16-14-25(15-17-26)23(27)24-22(19-8-9-19)18-6-4-3-5-7-18/h3-7,10-13,19,22H,2,8-9,14-17H2,1H3,(H,24,27)/t22-/m0/s1. The highest BCUT2D eigenvalue weighted by Crippen LogP contribution is 2.41. The van der Waals surface area contributed by atoms with E-state index >= 15 is 0 Å². The van der Waals surface area contributed by atoms with Gasteiger partial charge in [0.15, 0.2) is 0 Å². The molecule has 8 heteroatoms. The zero-order chi connectivity index (χ0) is 21.8. The van der Waals surface area contributed by atoms with Gasteiger partial charge in [0.05, 0.1) is 17.5 Å². The lowest BCUT2D eigenvalue weighted by atomic mass is 10.0. The zero-order valence-electron chi connectivity index (χ0n) is 17.7. The Hall–Kier alpha value is -2.58. The number of piperazine rings is 1. The van der Waals surface area contributed by atoms with Gasteiger partial charge in [-0.2, -0.15) is 4.31 Å². The first-order chi connectivity index (χ1) is 15.0. The second-order valence-electron chi connectivity index (χ2n) is 7.97. The first-order valence-corrected chi connectivity index (χ1v) is 12.3. The highest BCUT2D eigenvalue weighted by Gasteiger charge is 2.35. The molecule has 1 heterocycles. The quantitative estimate of drug-likeness (QED) is 0.713. The first-order valence-electron chi connectivity index (χ1n) is 10.8. The van der Waals surface area contributed by atoms with Gasteiger partial charge in [0.25, 0.3) is 0 Å². The highest BCUT2D eigenvalue weighted by atomic mass is 32.2. The molecule has 4 rings (SSSR count). The van der Waals surface area contributed by atoms with Crippen LogP contribution in [0.2, 0.25) is 0 Å². The molecular formula is C23H29N3O4S. The summed E-state index contributed by atoms with van der Waals surface area (Å²) in [7, 11) is -3.59. The Morgan fingerprint density at radius 2 is 1.68 bits per heavy atom. The molecule has 1 N–H and O–H groups in total. The van der Waals surface area contributed by atoms with Gasteiger partial charge in [-0.25, -0.2) is 13.2 Å². The van der Waals surface area contributed by atoms with E-state index in [1.165, 1.54) is 4.31 Å². The summed E-state index contributed by atoms with van der Waals surface area (Å²) in [5, 5.41) is 3.17. The van der Waals surface area contributed by atoms with E-state index in [-0.39, 0.29) is 30.1 Å². The highest BCUT2D eigenvalue weighted by molar-refractivity contribution is 7.89. The summed E-state index contributed by atoms with van der Waals surface area (Å²) < 4.78 is 32.7. The van der Waals surface area contributed by atoms with Crippen molar-refractivity contribution in [1.82, 2.24) is 14.5 Å². The van der Waals surface area contributed by atoms with Gasteiger partial charge < -0.3 is 15.0 Å². The van der Waals surface area contributed by atoms with E-state index in [2.05, 4.69) is 5.32 Å². The van der Waals surface area contributed by atoms with Crippen LogP contribution in [-0.2, 0) is 10.0 Å². The summed E-state index contributed by atoms with van der Waals surface area (Å²) in [4.78, 5) is 14.8. The SMILES string of the molecule is CCOc1ccc(S(=O)(=O)N2CCN(C(=O)N[C@@H](c3ccccc3)C3CC3)CC2)cc1. The third-order valence-electron chi connectivity index (χ3n) is 5.83. The molecule has 1 saturated carbocycles. The van der Waals surface area contributed by atoms with Gasteiger partial charge in [0.2, 0.25) is 10.0 Å². The van der Waals surface area contributed by atoms with Gasteiger partial charge in [0, 0.05) is 26.2 Å². The van der Waals surface area contributed by atoms with Crippen LogP contribution in [0.25, 0.3) is 0 Å². The van der Waals surface area contributed by atoms with Gasteiger partial charge in [0.1, 0.15) is 5.75 Å². The summed E-state index contributed by atoms with van der Waals surface area (Å²) in [6.07, 6.45) is 2.24. The van der Waals surface area contributed by atoms with Crippen molar-refractivity contribution < 1.29 is 17.9 Å². The van der Waals surface area contributed by atoms with Gasteiger partial charge in [-0.3, -0.25) is 0 Å². The maximum atomic E-state index is 13.0. The molecule has 2 aromatic carbocycles. The number of hydrogen-bond acceptors (Lipinski definition) is 4. The van der Waals surface area contributed by atoms with Crippen LogP contribution in [-0.4, -0.2) is 56.4 Å². The van der Waals surface area contributed by atoms with Crippen LogP contribution < -0.4 is 10.1 Å². The molecular weight excluding hydrogens is 414 g/mol. The van der Waals surface area contributed by atoms with Crippen molar-refractivity contribution in [3.05, 3.63) is 60.2 Å². The monoisotopic (exact) mass is 443 g/mol. The van der Waals surface area contributed by atoms with E-state index in [0.29, 0.717) is 31.4 Å². The summed E-state index contributed by atoms with van der Waals surface area (Å²) in [5.74, 6) is 1.12. The van der Waals surface area contributed by atoms with Crippen LogP contribution in [0.5, 0.6) is 5.75 Å². The molecule has 2 aromatic rings. The molecule has 2 aliphatic rings. The van der Waals surface area contributed by atoms with Crippen LogP contribution in [0, 0.1) is 5.92 Å². The number of urea groups is 1. The smallest absolute Gasteiger partial charge is 0.317 e. The summed E-state index contributed by atoms with van der Waals surface area (Å²) in [6.45, 7) is 3.71. The minimum absolute atomic E-state index is 0.0133. The van der Waals surface area contributed by atoms with Crippen LogP contribution in [0.4, 0.5) is 4.79 Å². The van der Waals surface area contributed by atoms with E-state index in [9.17, 15) is 13.2 Å². The predicted molar refractivity (Wildman–Crippen MR) is 118 cm³/mol. The predicted octanol–water partition coefficient (Wildman–Crippen LogP) is 3.25.